The second kappa shape index (κ2) is 7.08. The van der Waals surface area contributed by atoms with Gasteiger partial charge in [0.2, 0.25) is 0 Å². The summed E-state index contributed by atoms with van der Waals surface area (Å²) in [5, 5.41) is 10.5. The lowest BCUT2D eigenvalue weighted by Crippen LogP contribution is -2.25. The highest BCUT2D eigenvalue weighted by molar-refractivity contribution is 6.49. The second-order valence-electron chi connectivity index (χ2n) is 8.87. The molecule has 3 aliphatic heterocycles. The first-order valence-electron chi connectivity index (χ1n) is 10.7. The molecule has 0 aliphatic carbocycles. The van der Waals surface area contributed by atoms with E-state index in [0.717, 1.165) is 24.3 Å². The quantitative estimate of drug-likeness (QED) is 0.626. The number of fused-ring (bicyclic) bond motifs is 4. The molecule has 2 unspecified atom stereocenters. The van der Waals surface area contributed by atoms with Crippen molar-refractivity contribution in [2.45, 2.75) is 25.2 Å². The highest BCUT2D eigenvalue weighted by atomic mass is 19.1. The lowest BCUT2D eigenvalue weighted by Gasteiger charge is -2.14. The summed E-state index contributed by atoms with van der Waals surface area (Å²) in [6.45, 7) is 2.27. The van der Waals surface area contributed by atoms with E-state index in [4.69, 9.17) is 0 Å². The number of nitrogens with zero attached hydrogens (tertiary/aromatic N) is 4. The van der Waals surface area contributed by atoms with Gasteiger partial charge in [-0.05, 0) is 48.0 Å². The summed E-state index contributed by atoms with van der Waals surface area (Å²) >= 11 is 0. The number of nitrogens with one attached hydrogen (secondary N) is 2. The minimum Gasteiger partial charge on any atom is -0.321 e. The fourth-order valence-corrected chi connectivity index (χ4v) is 4.77. The lowest BCUT2D eigenvalue weighted by atomic mass is 9.94. The molecular weight excluding hydrogens is 407 g/mol. The fraction of sp³-hybridized carbons (Fsp3) is 0.292. The molecule has 2 N–H and O–H groups in total. The molecule has 2 atom stereocenters. The van der Waals surface area contributed by atoms with Gasteiger partial charge in [-0.25, -0.2) is 4.39 Å². The normalized spacial score (nSPS) is 21.3. The van der Waals surface area contributed by atoms with Crippen molar-refractivity contribution >= 4 is 17.3 Å². The van der Waals surface area contributed by atoms with Crippen LogP contribution in [0.1, 0.15) is 28.3 Å². The first kappa shape index (κ1) is 19.3. The van der Waals surface area contributed by atoms with E-state index in [1.165, 1.54) is 17.2 Å². The summed E-state index contributed by atoms with van der Waals surface area (Å²) in [4.78, 5) is 20.2. The number of aromatic nitrogens is 2. The van der Waals surface area contributed by atoms with Crippen LogP contribution in [0.2, 0.25) is 0 Å². The van der Waals surface area contributed by atoms with E-state index in [0.29, 0.717) is 28.9 Å². The molecule has 4 heterocycles. The number of anilines is 1. The molecule has 0 spiro atoms. The molecule has 1 saturated heterocycles. The Kier molecular flexibility index (Phi) is 4.28. The van der Waals surface area contributed by atoms with Crippen molar-refractivity contribution < 1.29 is 9.18 Å². The molecule has 162 valence electrons. The number of benzene rings is 2. The summed E-state index contributed by atoms with van der Waals surface area (Å²) in [6, 6.07) is 9.45. The molecule has 0 radical (unpaired) electrons. The molecule has 0 bridgehead atoms. The van der Waals surface area contributed by atoms with Gasteiger partial charge in [-0.2, -0.15) is 5.10 Å². The Labute approximate surface area is 185 Å². The van der Waals surface area contributed by atoms with E-state index in [9.17, 15) is 4.79 Å². The maximum atomic E-state index is 15.0. The van der Waals surface area contributed by atoms with Crippen LogP contribution in [-0.4, -0.2) is 45.9 Å². The topological polar surface area (TPSA) is 84.5 Å². The number of hydrogen-bond donors (Lipinski definition) is 2. The number of carbonyl (C=O) groups excluding carboxylic acids is 1. The van der Waals surface area contributed by atoms with Crippen molar-refractivity contribution in [2.24, 2.45) is 12.0 Å². The minimum absolute atomic E-state index is 0.0204. The second-order valence-corrected chi connectivity index (χ2v) is 8.87. The van der Waals surface area contributed by atoms with Crippen LogP contribution in [0.5, 0.6) is 0 Å². The third-order valence-electron chi connectivity index (χ3n) is 6.44. The van der Waals surface area contributed by atoms with Gasteiger partial charge in [0.05, 0.1) is 18.8 Å². The zero-order valence-electron chi connectivity index (χ0n) is 17.9. The van der Waals surface area contributed by atoms with Crippen molar-refractivity contribution in [2.75, 3.05) is 18.9 Å². The van der Waals surface area contributed by atoms with E-state index in [2.05, 4.69) is 38.7 Å². The Morgan fingerprint density at radius 3 is 2.81 bits per heavy atom. The summed E-state index contributed by atoms with van der Waals surface area (Å²) in [5.74, 6) is -0.601. The number of halogens is 1. The van der Waals surface area contributed by atoms with Crippen LogP contribution in [0.15, 0.2) is 47.7 Å². The molecular formula is C24H23FN6O. The van der Waals surface area contributed by atoms with Crippen molar-refractivity contribution in [3.8, 4) is 11.1 Å². The fourth-order valence-electron chi connectivity index (χ4n) is 4.77. The Balaban J connectivity index is 1.36. The number of aliphatic imine (C=N–C) groups is 1. The summed E-state index contributed by atoms with van der Waals surface area (Å²) in [6.07, 6.45) is 3.39. The van der Waals surface area contributed by atoms with Gasteiger partial charge in [0.25, 0.3) is 5.91 Å². The van der Waals surface area contributed by atoms with Crippen LogP contribution in [-0.2, 0) is 24.9 Å². The van der Waals surface area contributed by atoms with E-state index in [1.54, 1.807) is 30.2 Å². The molecule has 8 heteroatoms. The van der Waals surface area contributed by atoms with E-state index in [1.807, 2.05) is 12.1 Å². The van der Waals surface area contributed by atoms with Gasteiger partial charge in [-0.1, -0.05) is 6.07 Å². The average molecular weight is 430 g/mol. The predicted molar refractivity (Wildman–Crippen MR) is 120 cm³/mol. The zero-order chi connectivity index (χ0) is 22.0. The van der Waals surface area contributed by atoms with Gasteiger partial charge in [0.15, 0.2) is 0 Å². The molecule has 7 nitrogen and oxygen atoms in total. The Hall–Kier alpha value is -3.36. The molecule has 6 rings (SSSR count). The molecule has 1 amide bonds. The van der Waals surface area contributed by atoms with Crippen LogP contribution in [0, 0.1) is 5.82 Å². The highest BCUT2D eigenvalue weighted by Crippen LogP contribution is 2.38. The van der Waals surface area contributed by atoms with Crippen LogP contribution in [0.3, 0.4) is 0 Å². The monoisotopic (exact) mass is 430 g/mol. The smallest absolute Gasteiger partial charge is 0.274 e. The molecule has 1 fully saturated rings. The predicted octanol–water partition coefficient (Wildman–Crippen LogP) is 2.63. The summed E-state index contributed by atoms with van der Waals surface area (Å²) < 4.78 is 16.7. The maximum absolute atomic E-state index is 15.0. The molecule has 1 aromatic heterocycles. The van der Waals surface area contributed by atoms with E-state index >= 15 is 4.39 Å². The summed E-state index contributed by atoms with van der Waals surface area (Å²) in [7, 11) is 3.87. The van der Waals surface area contributed by atoms with Gasteiger partial charge in [-0.3, -0.25) is 19.4 Å². The third kappa shape index (κ3) is 3.23. The Bertz CT molecular complexity index is 1300. The summed E-state index contributed by atoms with van der Waals surface area (Å²) in [5.41, 5.74) is 6.12. The van der Waals surface area contributed by atoms with Crippen molar-refractivity contribution in [3.05, 3.63) is 70.8 Å². The van der Waals surface area contributed by atoms with Crippen LogP contribution in [0.25, 0.3) is 11.1 Å². The van der Waals surface area contributed by atoms with Gasteiger partial charge in [0.1, 0.15) is 11.5 Å². The van der Waals surface area contributed by atoms with Crippen LogP contribution >= 0.6 is 0 Å². The number of amides is 1. The number of aryl methyl sites for hydroxylation is 1. The van der Waals surface area contributed by atoms with Gasteiger partial charge in [0, 0.05) is 54.8 Å². The molecule has 3 aliphatic rings. The first-order valence-corrected chi connectivity index (χ1v) is 10.7. The molecule has 3 aromatic rings. The van der Waals surface area contributed by atoms with Crippen LogP contribution in [0.4, 0.5) is 10.1 Å². The molecule has 2 aromatic carbocycles. The standard InChI is InChI=1S/C24H23FN6O/c1-30-10-13-3-4-16(5-14(13)11-30)28-24(32)23-18-6-17(15-8-27-31(2)12-15)20(25)7-19(18)22-21(29-22)9-26-23/h3-8,12,21-22,29H,9-11H2,1-2H3,(H,28,32). The van der Waals surface area contributed by atoms with Gasteiger partial charge in [-0.15, -0.1) is 0 Å². The molecule has 0 saturated carbocycles. The van der Waals surface area contributed by atoms with E-state index < -0.39 is 0 Å². The average Bonchev–Trinajstić information content (AvgIpc) is 3.28. The van der Waals surface area contributed by atoms with Gasteiger partial charge < -0.3 is 10.6 Å². The van der Waals surface area contributed by atoms with Crippen molar-refractivity contribution in [3.63, 3.8) is 0 Å². The maximum Gasteiger partial charge on any atom is 0.274 e. The Morgan fingerprint density at radius 2 is 2.00 bits per heavy atom. The number of rotatable bonds is 3. The SMILES string of the molecule is CN1Cc2ccc(NC(=O)C3=NCC4NC4c4cc(F)c(-c5cnn(C)c5)cc43)cc2C1. The number of carbonyl (C=O) groups is 1. The first-order chi connectivity index (χ1) is 15.5. The van der Waals surface area contributed by atoms with Gasteiger partial charge >= 0.3 is 0 Å². The number of hydrogen-bond acceptors (Lipinski definition) is 5. The highest BCUT2D eigenvalue weighted by Gasteiger charge is 2.42. The lowest BCUT2D eigenvalue weighted by molar-refractivity contribution is -0.110. The minimum atomic E-state index is -0.325. The third-order valence-corrected chi connectivity index (χ3v) is 6.44. The van der Waals surface area contributed by atoms with Crippen molar-refractivity contribution in [1.29, 1.82) is 0 Å². The van der Waals surface area contributed by atoms with Crippen molar-refractivity contribution in [1.82, 2.24) is 20.0 Å². The van der Waals surface area contributed by atoms with Crippen LogP contribution < -0.4 is 10.6 Å². The largest absolute Gasteiger partial charge is 0.321 e. The zero-order valence-corrected chi connectivity index (χ0v) is 17.9. The van der Waals surface area contributed by atoms with E-state index in [-0.39, 0.29) is 23.8 Å². The molecule has 32 heavy (non-hydrogen) atoms. The Morgan fingerprint density at radius 1 is 1.16 bits per heavy atom.